The van der Waals surface area contributed by atoms with Crippen LogP contribution in [0.15, 0.2) is 24.7 Å². The first-order valence-electron chi connectivity index (χ1n) is 6.56. The summed E-state index contributed by atoms with van der Waals surface area (Å²) in [4.78, 5) is 4.21. The molecule has 0 aromatic carbocycles. The molecular formula is C14H21N5. The lowest BCUT2D eigenvalue weighted by molar-refractivity contribution is 0.595. The van der Waals surface area contributed by atoms with Gasteiger partial charge < -0.3 is 11.1 Å². The molecule has 2 rings (SSSR count). The Hall–Kier alpha value is -1.88. The fourth-order valence-electron chi connectivity index (χ4n) is 2.23. The molecule has 0 aliphatic rings. The lowest BCUT2D eigenvalue weighted by atomic mass is 9.98. The number of hydrogen-bond donors (Lipinski definition) is 2. The number of rotatable bonds is 5. The van der Waals surface area contributed by atoms with E-state index in [0.29, 0.717) is 5.82 Å². The first-order chi connectivity index (χ1) is 9.13. The molecule has 5 nitrogen and oxygen atoms in total. The van der Waals surface area contributed by atoms with Crippen LogP contribution in [-0.4, -0.2) is 21.3 Å². The fourth-order valence-corrected chi connectivity index (χ4v) is 2.23. The van der Waals surface area contributed by atoms with Crippen LogP contribution >= 0.6 is 0 Å². The molecule has 3 N–H and O–H groups in total. The van der Waals surface area contributed by atoms with E-state index in [1.54, 1.807) is 10.9 Å². The monoisotopic (exact) mass is 259 g/mol. The molecule has 0 saturated carbocycles. The van der Waals surface area contributed by atoms with Crippen molar-refractivity contribution in [2.75, 3.05) is 12.3 Å². The zero-order chi connectivity index (χ0) is 13.8. The largest absolute Gasteiger partial charge is 0.383 e. The van der Waals surface area contributed by atoms with Crippen LogP contribution in [0.5, 0.6) is 0 Å². The molecule has 0 radical (unpaired) electrons. The minimum atomic E-state index is 0.0438. The van der Waals surface area contributed by atoms with E-state index >= 15 is 0 Å². The third-order valence-electron chi connectivity index (χ3n) is 3.18. The van der Waals surface area contributed by atoms with E-state index in [9.17, 15) is 0 Å². The van der Waals surface area contributed by atoms with Gasteiger partial charge in [-0.3, -0.25) is 4.68 Å². The lowest BCUT2D eigenvalue weighted by Crippen LogP contribution is -2.25. The minimum Gasteiger partial charge on any atom is -0.383 e. The highest BCUT2D eigenvalue weighted by atomic mass is 15.2. The Morgan fingerprint density at radius 3 is 2.84 bits per heavy atom. The average molecular weight is 259 g/mol. The quantitative estimate of drug-likeness (QED) is 0.859. The number of pyridine rings is 1. The molecule has 1 atom stereocenters. The second-order valence-corrected chi connectivity index (χ2v) is 4.76. The van der Waals surface area contributed by atoms with Crippen LogP contribution in [0.4, 0.5) is 5.82 Å². The van der Waals surface area contributed by atoms with E-state index in [2.05, 4.69) is 29.2 Å². The Morgan fingerprint density at radius 1 is 1.47 bits per heavy atom. The summed E-state index contributed by atoms with van der Waals surface area (Å²) in [5, 5.41) is 7.77. The standard InChI is InChI=1S/C14H21N5/c1-4-6-16-13(11-8-18-19(3)9-11)12-10(2)5-7-17-14(12)15/h5,7-9,13,16H,4,6H2,1-3H3,(H2,15,17). The molecule has 2 aromatic heterocycles. The number of nitrogens with one attached hydrogen (secondary N) is 1. The van der Waals surface area contributed by atoms with Gasteiger partial charge in [-0.05, 0) is 31.5 Å². The first kappa shape index (κ1) is 13.5. The lowest BCUT2D eigenvalue weighted by Gasteiger charge is -2.20. The Bertz CT molecular complexity index is 526. The number of anilines is 1. The zero-order valence-corrected chi connectivity index (χ0v) is 11.7. The van der Waals surface area contributed by atoms with E-state index < -0.39 is 0 Å². The van der Waals surface area contributed by atoms with Crippen LogP contribution in [0.1, 0.15) is 36.1 Å². The van der Waals surface area contributed by atoms with Gasteiger partial charge in [-0.1, -0.05) is 6.92 Å². The summed E-state index contributed by atoms with van der Waals surface area (Å²) in [5.74, 6) is 0.581. The van der Waals surface area contributed by atoms with Gasteiger partial charge >= 0.3 is 0 Å². The van der Waals surface area contributed by atoms with Gasteiger partial charge in [0, 0.05) is 30.6 Å². The van der Waals surface area contributed by atoms with Crippen molar-refractivity contribution in [2.45, 2.75) is 26.3 Å². The predicted octanol–water partition coefficient (Wildman–Crippen LogP) is 1.79. The second-order valence-electron chi connectivity index (χ2n) is 4.76. The number of nitrogen functional groups attached to an aromatic ring is 1. The first-order valence-corrected chi connectivity index (χ1v) is 6.56. The van der Waals surface area contributed by atoms with Crippen LogP contribution in [0.25, 0.3) is 0 Å². The van der Waals surface area contributed by atoms with Gasteiger partial charge in [0.1, 0.15) is 5.82 Å². The summed E-state index contributed by atoms with van der Waals surface area (Å²) < 4.78 is 1.80. The van der Waals surface area contributed by atoms with Crippen molar-refractivity contribution in [1.82, 2.24) is 20.1 Å². The van der Waals surface area contributed by atoms with E-state index in [-0.39, 0.29) is 6.04 Å². The van der Waals surface area contributed by atoms with Crippen LogP contribution in [0.3, 0.4) is 0 Å². The average Bonchev–Trinajstić information content (AvgIpc) is 2.79. The van der Waals surface area contributed by atoms with E-state index in [1.165, 1.54) is 0 Å². The molecule has 2 aromatic rings. The number of aryl methyl sites for hydroxylation is 2. The van der Waals surface area contributed by atoms with Crippen molar-refractivity contribution in [3.8, 4) is 0 Å². The molecule has 0 aliphatic heterocycles. The molecule has 1 unspecified atom stereocenters. The van der Waals surface area contributed by atoms with Gasteiger partial charge in [-0.15, -0.1) is 0 Å². The van der Waals surface area contributed by atoms with Crippen molar-refractivity contribution in [3.05, 3.63) is 41.3 Å². The molecule has 0 saturated heterocycles. The SMILES string of the molecule is CCCNC(c1cnn(C)c1)c1c(C)ccnc1N. The number of nitrogens with two attached hydrogens (primary N) is 1. The Morgan fingerprint density at radius 2 is 2.26 bits per heavy atom. The number of hydrogen-bond acceptors (Lipinski definition) is 4. The topological polar surface area (TPSA) is 68.8 Å². The van der Waals surface area contributed by atoms with Crippen LogP contribution in [0.2, 0.25) is 0 Å². The normalized spacial score (nSPS) is 12.6. The van der Waals surface area contributed by atoms with Crippen LogP contribution < -0.4 is 11.1 Å². The molecule has 19 heavy (non-hydrogen) atoms. The summed E-state index contributed by atoms with van der Waals surface area (Å²) in [6.45, 7) is 5.13. The summed E-state index contributed by atoms with van der Waals surface area (Å²) in [7, 11) is 1.92. The Kier molecular flexibility index (Phi) is 4.16. The molecule has 0 bridgehead atoms. The van der Waals surface area contributed by atoms with E-state index in [0.717, 1.165) is 29.7 Å². The maximum Gasteiger partial charge on any atom is 0.128 e. The highest BCUT2D eigenvalue weighted by molar-refractivity contribution is 5.49. The van der Waals surface area contributed by atoms with Gasteiger partial charge in [0.05, 0.1) is 12.2 Å². The molecule has 0 aliphatic carbocycles. The highest BCUT2D eigenvalue weighted by Gasteiger charge is 2.20. The summed E-state index contributed by atoms with van der Waals surface area (Å²) in [6, 6.07) is 2.03. The molecule has 102 valence electrons. The summed E-state index contributed by atoms with van der Waals surface area (Å²) in [5.41, 5.74) is 9.36. The third kappa shape index (κ3) is 2.93. The maximum absolute atomic E-state index is 6.06. The molecule has 0 spiro atoms. The summed E-state index contributed by atoms with van der Waals surface area (Å²) in [6.07, 6.45) is 6.70. The van der Waals surface area contributed by atoms with Crippen molar-refractivity contribution in [1.29, 1.82) is 0 Å². The van der Waals surface area contributed by atoms with Crippen LogP contribution in [-0.2, 0) is 7.05 Å². The molecule has 0 fully saturated rings. The number of nitrogens with zero attached hydrogens (tertiary/aromatic N) is 3. The van der Waals surface area contributed by atoms with Gasteiger partial charge in [-0.2, -0.15) is 5.10 Å². The van der Waals surface area contributed by atoms with Crippen LogP contribution in [0, 0.1) is 6.92 Å². The maximum atomic E-state index is 6.06. The highest BCUT2D eigenvalue weighted by Crippen LogP contribution is 2.28. The molecule has 2 heterocycles. The van der Waals surface area contributed by atoms with Gasteiger partial charge in [0.15, 0.2) is 0 Å². The van der Waals surface area contributed by atoms with Crippen molar-refractivity contribution in [2.24, 2.45) is 7.05 Å². The van der Waals surface area contributed by atoms with Crippen molar-refractivity contribution < 1.29 is 0 Å². The van der Waals surface area contributed by atoms with Crippen molar-refractivity contribution in [3.63, 3.8) is 0 Å². The molecular weight excluding hydrogens is 238 g/mol. The van der Waals surface area contributed by atoms with E-state index in [1.807, 2.05) is 25.5 Å². The molecule has 0 amide bonds. The van der Waals surface area contributed by atoms with Gasteiger partial charge in [0.25, 0.3) is 0 Å². The Balaban J connectivity index is 2.42. The van der Waals surface area contributed by atoms with Gasteiger partial charge in [-0.25, -0.2) is 4.98 Å². The minimum absolute atomic E-state index is 0.0438. The fraction of sp³-hybridized carbons (Fsp3) is 0.429. The predicted molar refractivity (Wildman–Crippen MR) is 76.7 cm³/mol. The summed E-state index contributed by atoms with van der Waals surface area (Å²) >= 11 is 0. The second kappa shape index (κ2) is 5.84. The van der Waals surface area contributed by atoms with E-state index in [4.69, 9.17) is 5.73 Å². The number of aromatic nitrogens is 3. The zero-order valence-electron chi connectivity index (χ0n) is 11.7. The Labute approximate surface area is 113 Å². The van der Waals surface area contributed by atoms with Crippen molar-refractivity contribution >= 4 is 5.82 Å². The molecule has 5 heteroatoms. The smallest absolute Gasteiger partial charge is 0.128 e. The van der Waals surface area contributed by atoms with Gasteiger partial charge in [0.2, 0.25) is 0 Å². The third-order valence-corrected chi connectivity index (χ3v) is 3.18.